The van der Waals surface area contributed by atoms with Gasteiger partial charge in [0.15, 0.2) is 5.78 Å². The van der Waals surface area contributed by atoms with Gasteiger partial charge in [0.25, 0.3) is 0 Å². The van der Waals surface area contributed by atoms with E-state index in [0.717, 1.165) is 4.88 Å². The van der Waals surface area contributed by atoms with Crippen LogP contribution >= 0.6 is 34.7 Å². The number of Topliss-reactive ketones (excluding diaryl/α,β-unsaturated/α-hetero) is 1. The number of nitrogens with one attached hydrogen (secondary N) is 1. The summed E-state index contributed by atoms with van der Waals surface area (Å²) < 4.78 is 5.08. The van der Waals surface area contributed by atoms with Crippen molar-refractivity contribution in [2.75, 3.05) is 12.9 Å². The first-order valence-corrected chi connectivity index (χ1v) is 9.53. The van der Waals surface area contributed by atoms with Gasteiger partial charge in [-0.05, 0) is 41.8 Å². The molecule has 5 nitrogen and oxygen atoms in total. The average molecular weight is 392 g/mol. The number of halogens is 1. The van der Waals surface area contributed by atoms with Gasteiger partial charge >= 0.3 is 0 Å². The van der Waals surface area contributed by atoms with E-state index in [1.165, 1.54) is 18.9 Å². The van der Waals surface area contributed by atoms with E-state index in [9.17, 15) is 4.79 Å². The Morgan fingerprint density at radius 1 is 1.40 bits per heavy atom. The summed E-state index contributed by atoms with van der Waals surface area (Å²) in [4.78, 5) is 17.7. The predicted molar refractivity (Wildman–Crippen MR) is 103 cm³/mol. The molecule has 0 bridgehead atoms. The Bertz CT molecular complexity index is 891. The molecule has 2 heterocycles. The molecule has 1 aromatic carbocycles. The highest BCUT2D eigenvalue weighted by atomic mass is 35.5. The van der Waals surface area contributed by atoms with Gasteiger partial charge in [0.05, 0.1) is 17.9 Å². The summed E-state index contributed by atoms with van der Waals surface area (Å²) >= 11 is 8.97. The number of hydrogen-bond donors (Lipinski definition) is 1. The fourth-order valence-electron chi connectivity index (χ4n) is 2.00. The molecule has 0 radical (unpaired) electrons. The van der Waals surface area contributed by atoms with Crippen molar-refractivity contribution in [1.82, 2.24) is 15.2 Å². The molecule has 0 aliphatic heterocycles. The normalized spacial score (nSPS) is 11.1. The zero-order valence-electron chi connectivity index (χ0n) is 13.2. The van der Waals surface area contributed by atoms with Gasteiger partial charge in [-0.15, -0.1) is 16.4 Å². The lowest BCUT2D eigenvalue weighted by atomic mass is 10.1. The second-order valence-corrected chi connectivity index (χ2v) is 7.24. The largest absolute Gasteiger partial charge is 0.495 e. The van der Waals surface area contributed by atoms with Crippen LogP contribution in [-0.4, -0.2) is 33.8 Å². The fourth-order valence-corrected chi connectivity index (χ4v) is 3.57. The first-order valence-electron chi connectivity index (χ1n) is 7.29. The summed E-state index contributed by atoms with van der Waals surface area (Å²) in [7, 11) is 1.53. The quantitative estimate of drug-likeness (QED) is 0.468. The standard InChI is InChI=1S/C17H14ClN3O2S2/c1-23-15-6-4-11(9-13(15)18)14(22)10-25-17-19-16(20-21-17)7-5-12-3-2-8-24-12/h2-9H,10H2,1H3,(H,19,20,21)/b7-5+. The maximum absolute atomic E-state index is 12.3. The van der Waals surface area contributed by atoms with Gasteiger partial charge in [0.1, 0.15) is 11.6 Å². The van der Waals surface area contributed by atoms with E-state index in [1.54, 1.807) is 29.5 Å². The van der Waals surface area contributed by atoms with Crippen LogP contribution in [0, 0.1) is 0 Å². The zero-order chi connectivity index (χ0) is 17.6. The average Bonchev–Trinajstić information content (AvgIpc) is 3.29. The topological polar surface area (TPSA) is 67.9 Å². The number of carbonyl (C=O) groups is 1. The summed E-state index contributed by atoms with van der Waals surface area (Å²) in [5, 5.41) is 9.90. The number of thiophene rings is 1. The van der Waals surface area contributed by atoms with Crippen LogP contribution in [0.1, 0.15) is 21.1 Å². The molecule has 0 aliphatic rings. The Hall–Kier alpha value is -2.09. The van der Waals surface area contributed by atoms with E-state index in [2.05, 4.69) is 15.2 Å². The first-order chi connectivity index (χ1) is 12.2. The van der Waals surface area contributed by atoms with E-state index in [-0.39, 0.29) is 11.5 Å². The number of methoxy groups -OCH3 is 1. The molecule has 1 N–H and O–H groups in total. The molecular weight excluding hydrogens is 378 g/mol. The number of thioether (sulfide) groups is 1. The van der Waals surface area contributed by atoms with Crippen molar-refractivity contribution in [3.63, 3.8) is 0 Å². The predicted octanol–water partition coefficient (Wildman–Crippen LogP) is 4.67. The summed E-state index contributed by atoms with van der Waals surface area (Å²) in [5.41, 5.74) is 0.534. The lowest BCUT2D eigenvalue weighted by Crippen LogP contribution is -2.03. The highest BCUT2D eigenvalue weighted by Gasteiger charge is 2.11. The van der Waals surface area contributed by atoms with Gasteiger partial charge in [-0.25, -0.2) is 4.98 Å². The second kappa shape index (κ2) is 8.33. The number of ketones is 1. The van der Waals surface area contributed by atoms with Crippen molar-refractivity contribution in [1.29, 1.82) is 0 Å². The number of rotatable bonds is 7. The molecule has 3 rings (SSSR count). The Morgan fingerprint density at radius 2 is 2.28 bits per heavy atom. The molecular formula is C17H14ClN3O2S2. The minimum Gasteiger partial charge on any atom is -0.495 e. The van der Waals surface area contributed by atoms with Crippen molar-refractivity contribution >= 4 is 52.6 Å². The molecule has 128 valence electrons. The molecule has 0 unspecified atom stereocenters. The van der Waals surface area contributed by atoms with Crippen molar-refractivity contribution < 1.29 is 9.53 Å². The molecule has 0 amide bonds. The van der Waals surface area contributed by atoms with E-state index < -0.39 is 0 Å². The number of benzene rings is 1. The van der Waals surface area contributed by atoms with Crippen LogP contribution in [-0.2, 0) is 0 Å². The molecule has 0 atom stereocenters. The van der Waals surface area contributed by atoms with Gasteiger partial charge < -0.3 is 4.74 Å². The van der Waals surface area contributed by atoms with Crippen LogP contribution in [0.3, 0.4) is 0 Å². The van der Waals surface area contributed by atoms with Crippen LogP contribution in [0.2, 0.25) is 5.02 Å². The highest BCUT2D eigenvalue weighted by Crippen LogP contribution is 2.26. The summed E-state index contributed by atoms with van der Waals surface area (Å²) in [5.74, 6) is 1.38. The minimum atomic E-state index is -0.0463. The van der Waals surface area contributed by atoms with Gasteiger partial charge in [-0.2, -0.15) is 0 Å². The molecule has 8 heteroatoms. The van der Waals surface area contributed by atoms with Crippen LogP contribution in [0.25, 0.3) is 12.2 Å². The highest BCUT2D eigenvalue weighted by molar-refractivity contribution is 7.99. The van der Waals surface area contributed by atoms with E-state index in [0.29, 0.717) is 27.3 Å². The maximum Gasteiger partial charge on any atom is 0.209 e. The zero-order valence-corrected chi connectivity index (χ0v) is 15.6. The molecule has 25 heavy (non-hydrogen) atoms. The third-order valence-electron chi connectivity index (χ3n) is 3.24. The Kier molecular flexibility index (Phi) is 5.91. The molecule has 0 saturated heterocycles. The summed E-state index contributed by atoms with van der Waals surface area (Å²) in [6, 6.07) is 8.99. The number of ether oxygens (including phenoxy) is 1. The Morgan fingerprint density at radius 3 is 3.00 bits per heavy atom. The first kappa shape index (κ1) is 17.7. The van der Waals surface area contributed by atoms with Gasteiger partial charge in [0, 0.05) is 10.4 Å². The maximum atomic E-state index is 12.3. The summed E-state index contributed by atoms with van der Waals surface area (Å²) in [6.07, 6.45) is 3.82. The Labute approximate surface area is 158 Å². The number of aromatic amines is 1. The van der Waals surface area contributed by atoms with Crippen LogP contribution in [0.5, 0.6) is 5.75 Å². The molecule has 3 aromatic rings. The molecule has 0 spiro atoms. The SMILES string of the molecule is COc1ccc(C(=O)CSc2n[nH]c(/C=C/c3cccs3)n2)cc1Cl. The Balaban J connectivity index is 1.58. The van der Waals surface area contributed by atoms with Crippen molar-refractivity contribution in [2.45, 2.75) is 5.16 Å². The monoisotopic (exact) mass is 391 g/mol. The van der Waals surface area contributed by atoms with Gasteiger partial charge in [0.2, 0.25) is 5.16 Å². The number of carbonyl (C=O) groups excluding carboxylic acids is 1. The molecule has 0 saturated carbocycles. The number of hydrogen-bond acceptors (Lipinski definition) is 6. The number of aromatic nitrogens is 3. The lowest BCUT2D eigenvalue weighted by Gasteiger charge is -2.04. The van der Waals surface area contributed by atoms with Crippen molar-refractivity contribution in [3.05, 3.63) is 57.0 Å². The van der Waals surface area contributed by atoms with E-state index in [4.69, 9.17) is 16.3 Å². The number of nitrogens with zero attached hydrogens (tertiary/aromatic N) is 2. The smallest absolute Gasteiger partial charge is 0.209 e. The summed E-state index contributed by atoms with van der Waals surface area (Å²) in [6.45, 7) is 0. The lowest BCUT2D eigenvalue weighted by molar-refractivity contribution is 0.102. The fraction of sp³-hybridized carbons (Fsp3) is 0.118. The number of H-pyrrole nitrogens is 1. The van der Waals surface area contributed by atoms with Gasteiger partial charge in [-0.1, -0.05) is 29.4 Å². The molecule has 0 fully saturated rings. The van der Waals surface area contributed by atoms with Crippen molar-refractivity contribution in [2.24, 2.45) is 0 Å². The minimum absolute atomic E-state index is 0.0463. The second-order valence-electron chi connectivity index (χ2n) is 4.91. The van der Waals surface area contributed by atoms with Crippen LogP contribution in [0.15, 0.2) is 40.9 Å². The molecule has 2 aromatic heterocycles. The third-order valence-corrected chi connectivity index (χ3v) is 5.22. The van der Waals surface area contributed by atoms with Crippen LogP contribution < -0.4 is 4.74 Å². The van der Waals surface area contributed by atoms with Crippen molar-refractivity contribution in [3.8, 4) is 5.75 Å². The molecule has 0 aliphatic carbocycles. The third kappa shape index (κ3) is 4.72. The van der Waals surface area contributed by atoms with Crippen LogP contribution in [0.4, 0.5) is 0 Å². The van der Waals surface area contributed by atoms with E-state index >= 15 is 0 Å². The van der Waals surface area contributed by atoms with E-state index in [1.807, 2.05) is 29.7 Å². The van der Waals surface area contributed by atoms with Gasteiger partial charge in [-0.3, -0.25) is 9.89 Å².